The van der Waals surface area contributed by atoms with Gasteiger partial charge >= 0.3 is 0 Å². The minimum absolute atomic E-state index is 0.272. The van der Waals surface area contributed by atoms with Crippen molar-refractivity contribution in [2.75, 3.05) is 24.8 Å². The molecule has 2 aromatic heterocycles. The Morgan fingerprint density at radius 3 is 2.93 bits per heavy atom. The number of anilines is 2. The first kappa shape index (κ1) is 17.1. The lowest BCUT2D eigenvalue weighted by Gasteiger charge is -2.17. The van der Waals surface area contributed by atoms with Crippen molar-refractivity contribution in [3.63, 3.8) is 0 Å². The topological polar surface area (TPSA) is 89.8 Å². The third kappa shape index (κ3) is 3.03. The Labute approximate surface area is 156 Å². The first-order valence-electron chi connectivity index (χ1n) is 8.63. The molecule has 0 saturated heterocycles. The average molecular weight is 367 g/mol. The van der Waals surface area contributed by atoms with E-state index in [2.05, 4.69) is 20.7 Å². The van der Waals surface area contributed by atoms with E-state index in [1.54, 1.807) is 30.9 Å². The van der Waals surface area contributed by atoms with Gasteiger partial charge in [0.25, 0.3) is 5.91 Å². The highest BCUT2D eigenvalue weighted by atomic mass is 16.5. The molecule has 2 N–H and O–H groups in total. The molecule has 1 aromatic carbocycles. The number of rotatable bonds is 4. The lowest BCUT2D eigenvalue weighted by molar-refractivity contribution is 0.102. The van der Waals surface area contributed by atoms with E-state index in [1.807, 2.05) is 26.0 Å². The summed E-state index contributed by atoms with van der Waals surface area (Å²) in [6, 6.07) is 5.50. The van der Waals surface area contributed by atoms with Crippen molar-refractivity contribution < 1.29 is 14.3 Å². The Morgan fingerprint density at radius 1 is 1.37 bits per heavy atom. The fourth-order valence-electron chi connectivity index (χ4n) is 3.26. The summed E-state index contributed by atoms with van der Waals surface area (Å²) < 4.78 is 12.9. The average Bonchev–Trinajstić information content (AvgIpc) is 3.18. The van der Waals surface area contributed by atoms with E-state index in [0.717, 1.165) is 17.7 Å². The molecule has 1 aliphatic rings. The minimum atomic E-state index is -0.304. The molecule has 8 heteroatoms. The van der Waals surface area contributed by atoms with Gasteiger partial charge in [-0.25, -0.2) is 9.50 Å². The van der Waals surface area contributed by atoms with Gasteiger partial charge in [-0.05, 0) is 26.0 Å². The number of hydrogen-bond donors (Lipinski definition) is 2. The van der Waals surface area contributed by atoms with E-state index in [0.29, 0.717) is 28.5 Å². The fourth-order valence-corrected chi connectivity index (χ4v) is 3.26. The number of ether oxygens (including phenoxy) is 2. The highest BCUT2D eigenvalue weighted by Crippen LogP contribution is 2.41. The molecule has 0 saturated carbocycles. The molecule has 4 rings (SSSR count). The number of amides is 1. The number of carbonyl (C=O) groups is 1. The number of carbonyl (C=O) groups excluding carboxylic acids is 1. The van der Waals surface area contributed by atoms with E-state index in [4.69, 9.17) is 9.47 Å². The summed E-state index contributed by atoms with van der Waals surface area (Å²) in [4.78, 5) is 17.3. The number of benzene rings is 1. The second kappa shape index (κ2) is 6.15. The van der Waals surface area contributed by atoms with E-state index < -0.39 is 0 Å². The van der Waals surface area contributed by atoms with Crippen molar-refractivity contribution in [3.8, 4) is 11.5 Å². The third-order valence-electron chi connectivity index (χ3n) is 4.50. The zero-order valence-corrected chi connectivity index (χ0v) is 15.7. The van der Waals surface area contributed by atoms with Gasteiger partial charge in [-0.2, -0.15) is 5.10 Å². The van der Waals surface area contributed by atoms with Crippen molar-refractivity contribution in [2.45, 2.75) is 25.9 Å². The van der Waals surface area contributed by atoms with Crippen molar-refractivity contribution in [3.05, 3.63) is 41.7 Å². The van der Waals surface area contributed by atoms with Crippen LogP contribution in [0, 0.1) is 0 Å². The maximum Gasteiger partial charge on any atom is 0.261 e. The normalized spacial score (nSPS) is 14.5. The molecular weight excluding hydrogens is 346 g/mol. The predicted molar refractivity (Wildman–Crippen MR) is 102 cm³/mol. The summed E-state index contributed by atoms with van der Waals surface area (Å²) in [5, 5.41) is 10.1. The van der Waals surface area contributed by atoms with E-state index >= 15 is 0 Å². The molecule has 0 atom stereocenters. The molecule has 0 aliphatic carbocycles. The van der Waals surface area contributed by atoms with Gasteiger partial charge in [0, 0.05) is 31.3 Å². The lowest BCUT2D eigenvalue weighted by atomic mass is 10.0. The van der Waals surface area contributed by atoms with Crippen LogP contribution >= 0.6 is 0 Å². The quantitative estimate of drug-likeness (QED) is 0.737. The number of hydrogen-bond acceptors (Lipinski definition) is 6. The van der Waals surface area contributed by atoms with Crippen molar-refractivity contribution in [2.24, 2.45) is 0 Å². The van der Waals surface area contributed by atoms with Crippen LogP contribution in [0.3, 0.4) is 0 Å². The highest BCUT2D eigenvalue weighted by Gasteiger charge is 2.31. The van der Waals surface area contributed by atoms with Gasteiger partial charge in [-0.3, -0.25) is 4.79 Å². The highest BCUT2D eigenvalue weighted by molar-refractivity contribution is 6.09. The Morgan fingerprint density at radius 2 is 2.19 bits per heavy atom. The fraction of sp³-hybridized carbons (Fsp3) is 0.316. The maximum atomic E-state index is 12.9. The zero-order valence-electron chi connectivity index (χ0n) is 15.7. The molecule has 3 aromatic rings. The van der Waals surface area contributed by atoms with Gasteiger partial charge < -0.3 is 20.1 Å². The Kier molecular flexibility index (Phi) is 3.91. The maximum absolute atomic E-state index is 12.9. The SMILES string of the molecule is CNc1ccn2ncc(C(=O)Nc3cc4c(cc3OC)OC(C)(C)C4)c2n1. The van der Waals surface area contributed by atoms with Gasteiger partial charge in [-0.1, -0.05) is 0 Å². The van der Waals surface area contributed by atoms with Gasteiger partial charge in [0.05, 0.1) is 19.0 Å². The molecule has 8 nitrogen and oxygen atoms in total. The standard InChI is InChI=1S/C19H21N5O3/c1-19(2)9-11-7-13(15(26-4)8-14(11)27-19)22-18(25)12-10-21-24-6-5-16(20-3)23-17(12)24/h5-8,10H,9H2,1-4H3,(H,20,23)(H,22,25). The smallest absolute Gasteiger partial charge is 0.261 e. The van der Waals surface area contributed by atoms with Crippen molar-refractivity contribution in [1.29, 1.82) is 0 Å². The monoisotopic (exact) mass is 367 g/mol. The Hall–Kier alpha value is -3.29. The van der Waals surface area contributed by atoms with E-state index in [1.165, 1.54) is 6.20 Å². The molecule has 0 bridgehead atoms. The van der Waals surface area contributed by atoms with Crippen molar-refractivity contribution in [1.82, 2.24) is 14.6 Å². The number of fused-ring (bicyclic) bond motifs is 2. The van der Waals surface area contributed by atoms with Gasteiger partial charge in [0.15, 0.2) is 5.65 Å². The van der Waals surface area contributed by atoms with Crippen LogP contribution in [-0.2, 0) is 6.42 Å². The molecule has 0 spiro atoms. The van der Waals surface area contributed by atoms with Gasteiger partial charge in [0.2, 0.25) is 0 Å². The number of nitrogens with one attached hydrogen (secondary N) is 2. The molecule has 1 amide bonds. The molecule has 140 valence electrons. The van der Waals surface area contributed by atoms with Crippen LogP contribution in [0.4, 0.5) is 11.5 Å². The first-order valence-corrected chi connectivity index (χ1v) is 8.63. The van der Waals surface area contributed by atoms with Crippen LogP contribution in [-0.4, -0.2) is 40.3 Å². The van der Waals surface area contributed by atoms with Gasteiger partial charge in [0.1, 0.15) is 28.5 Å². The van der Waals surface area contributed by atoms with Crippen LogP contribution in [0.2, 0.25) is 0 Å². The van der Waals surface area contributed by atoms with Crippen LogP contribution in [0.1, 0.15) is 29.8 Å². The summed E-state index contributed by atoms with van der Waals surface area (Å²) in [5.74, 6) is 1.68. The van der Waals surface area contributed by atoms with E-state index in [-0.39, 0.29) is 11.5 Å². The molecule has 1 aliphatic heterocycles. The number of nitrogens with zero attached hydrogens (tertiary/aromatic N) is 3. The molecular formula is C19H21N5O3. The Bertz CT molecular complexity index is 1040. The van der Waals surface area contributed by atoms with Crippen LogP contribution in [0.5, 0.6) is 11.5 Å². The van der Waals surface area contributed by atoms with Gasteiger partial charge in [-0.15, -0.1) is 0 Å². The lowest BCUT2D eigenvalue weighted by Crippen LogP contribution is -2.24. The summed E-state index contributed by atoms with van der Waals surface area (Å²) in [5.41, 5.74) is 2.21. The number of aromatic nitrogens is 3. The van der Waals surface area contributed by atoms with Crippen molar-refractivity contribution >= 4 is 23.1 Å². The molecule has 27 heavy (non-hydrogen) atoms. The van der Waals surface area contributed by atoms with Crippen LogP contribution < -0.4 is 20.1 Å². The molecule has 0 fully saturated rings. The van der Waals surface area contributed by atoms with Crippen LogP contribution in [0.15, 0.2) is 30.6 Å². The number of methoxy groups -OCH3 is 1. The Balaban J connectivity index is 1.68. The molecule has 0 radical (unpaired) electrons. The molecule has 3 heterocycles. The second-order valence-corrected chi connectivity index (χ2v) is 7.04. The van der Waals surface area contributed by atoms with Crippen LogP contribution in [0.25, 0.3) is 5.65 Å². The second-order valence-electron chi connectivity index (χ2n) is 7.04. The third-order valence-corrected chi connectivity index (χ3v) is 4.50. The summed E-state index contributed by atoms with van der Waals surface area (Å²) >= 11 is 0. The minimum Gasteiger partial charge on any atom is -0.494 e. The largest absolute Gasteiger partial charge is 0.494 e. The first-order chi connectivity index (χ1) is 12.9. The summed E-state index contributed by atoms with van der Waals surface area (Å²) in [6.07, 6.45) is 4.02. The van der Waals surface area contributed by atoms with E-state index in [9.17, 15) is 4.79 Å². The molecule has 0 unspecified atom stereocenters. The summed E-state index contributed by atoms with van der Waals surface area (Å²) in [6.45, 7) is 4.06. The zero-order chi connectivity index (χ0) is 19.2. The summed E-state index contributed by atoms with van der Waals surface area (Å²) in [7, 11) is 3.33. The predicted octanol–water partition coefficient (Wildman–Crippen LogP) is 2.75.